The smallest absolute Gasteiger partial charge is 0.314 e. The van der Waals surface area contributed by atoms with Crippen LogP contribution in [0.25, 0.3) is 0 Å². The van der Waals surface area contributed by atoms with E-state index in [-0.39, 0.29) is 18.9 Å². The van der Waals surface area contributed by atoms with E-state index in [0.717, 1.165) is 18.8 Å². The van der Waals surface area contributed by atoms with Gasteiger partial charge in [0.1, 0.15) is 0 Å². The fourth-order valence-electron chi connectivity index (χ4n) is 2.37. The van der Waals surface area contributed by atoms with Gasteiger partial charge in [-0.25, -0.2) is 0 Å². The van der Waals surface area contributed by atoms with E-state index in [1.165, 1.54) is 12.8 Å². The summed E-state index contributed by atoms with van der Waals surface area (Å²) in [5.74, 6) is -0.249. The van der Waals surface area contributed by atoms with Crippen LogP contribution < -0.4 is 5.32 Å². The molecular formula is C11H18F3N. The van der Waals surface area contributed by atoms with Crippen LogP contribution in [0.15, 0.2) is 0 Å². The van der Waals surface area contributed by atoms with Crippen LogP contribution in [0.1, 0.15) is 38.5 Å². The predicted molar refractivity (Wildman–Crippen MR) is 52.5 cm³/mol. The highest BCUT2D eigenvalue weighted by molar-refractivity contribution is 4.84. The Bertz CT molecular complexity index is 210. The van der Waals surface area contributed by atoms with Gasteiger partial charge in [0.2, 0.25) is 0 Å². The largest absolute Gasteiger partial charge is 0.391 e. The molecule has 0 bridgehead atoms. The van der Waals surface area contributed by atoms with E-state index in [4.69, 9.17) is 0 Å². The van der Waals surface area contributed by atoms with E-state index in [2.05, 4.69) is 5.32 Å². The van der Waals surface area contributed by atoms with Crippen LogP contribution in [0.5, 0.6) is 0 Å². The molecule has 0 aromatic heterocycles. The van der Waals surface area contributed by atoms with Gasteiger partial charge in [0.05, 0.1) is 5.92 Å². The number of rotatable bonds is 3. The lowest BCUT2D eigenvalue weighted by Crippen LogP contribution is -2.42. The maximum atomic E-state index is 12.5. The third-order valence-corrected chi connectivity index (χ3v) is 3.58. The summed E-state index contributed by atoms with van der Waals surface area (Å²) in [6.07, 6.45) is 1.17. The summed E-state index contributed by atoms with van der Waals surface area (Å²) in [4.78, 5) is 0. The van der Waals surface area contributed by atoms with Crippen LogP contribution in [0.2, 0.25) is 0 Å². The Morgan fingerprint density at radius 3 is 2.40 bits per heavy atom. The summed E-state index contributed by atoms with van der Waals surface area (Å²) in [6.45, 7) is 0.527. The summed E-state index contributed by atoms with van der Waals surface area (Å²) in [5.41, 5.74) is 0. The molecule has 2 aliphatic rings. The molecule has 0 aromatic carbocycles. The normalized spacial score (nSPS) is 33.0. The minimum Gasteiger partial charge on any atom is -0.314 e. The summed E-state index contributed by atoms with van der Waals surface area (Å²) >= 11 is 0. The van der Waals surface area contributed by atoms with Gasteiger partial charge in [0, 0.05) is 6.04 Å². The van der Waals surface area contributed by atoms with Crippen LogP contribution in [0, 0.1) is 11.8 Å². The van der Waals surface area contributed by atoms with E-state index >= 15 is 0 Å². The molecule has 1 saturated carbocycles. The number of alkyl halides is 3. The van der Waals surface area contributed by atoms with Crippen molar-refractivity contribution in [3.63, 3.8) is 0 Å². The molecule has 1 nitrogen and oxygen atoms in total. The monoisotopic (exact) mass is 221 g/mol. The summed E-state index contributed by atoms with van der Waals surface area (Å²) in [5, 5.41) is 3.20. The van der Waals surface area contributed by atoms with Crippen molar-refractivity contribution in [3.05, 3.63) is 0 Å². The highest BCUT2D eigenvalue weighted by Crippen LogP contribution is 2.37. The molecule has 2 fully saturated rings. The number of nitrogens with one attached hydrogen (secondary N) is 1. The van der Waals surface area contributed by atoms with Gasteiger partial charge < -0.3 is 5.32 Å². The molecule has 0 radical (unpaired) electrons. The molecule has 1 N–H and O–H groups in total. The second-order valence-electron chi connectivity index (χ2n) is 4.93. The molecule has 1 heterocycles. The Balaban J connectivity index is 1.75. The standard InChI is InChI=1S/C11H18F3N/c12-11(13,14)9-5-6-15-10(7-9)4-3-8-1-2-8/h8-10,15H,1-7H2. The van der Waals surface area contributed by atoms with Gasteiger partial charge in [-0.1, -0.05) is 12.8 Å². The molecule has 0 amide bonds. The average Bonchev–Trinajstić information content (AvgIpc) is 2.97. The molecule has 2 atom stereocenters. The molecule has 1 aliphatic heterocycles. The first-order valence-electron chi connectivity index (χ1n) is 5.86. The minimum atomic E-state index is -3.99. The zero-order valence-electron chi connectivity index (χ0n) is 8.82. The molecule has 4 heteroatoms. The summed E-state index contributed by atoms with van der Waals surface area (Å²) in [6, 6.07) is 0.103. The van der Waals surface area contributed by atoms with Gasteiger partial charge in [-0.2, -0.15) is 13.2 Å². The first kappa shape index (κ1) is 11.2. The van der Waals surface area contributed by atoms with Gasteiger partial charge in [-0.3, -0.25) is 0 Å². The minimum absolute atomic E-state index is 0.103. The van der Waals surface area contributed by atoms with E-state index in [0.29, 0.717) is 6.54 Å². The lowest BCUT2D eigenvalue weighted by Gasteiger charge is -2.31. The Labute approximate surface area is 88.4 Å². The van der Waals surface area contributed by atoms with Crippen LogP contribution in [-0.2, 0) is 0 Å². The molecule has 1 saturated heterocycles. The van der Waals surface area contributed by atoms with Crippen LogP contribution in [-0.4, -0.2) is 18.8 Å². The van der Waals surface area contributed by atoms with E-state index in [1.807, 2.05) is 0 Å². The van der Waals surface area contributed by atoms with Gasteiger partial charge >= 0.3 is 6.18 Å². The number of halogens is 3. The Morgan fingerprint density at radius 2 is 1.80 bits per heavy atom. The maximum absolute atomic E-state index is 12.5. The van der Waals surface area contributed by atoms with Gasteiger partial charge in [0.15, 0.2) is 0 Å². The fraction of sp³-hybridized carbons (Fsp3) is 1.00. The van der Waals surface area contributed by atoms with Crippen LogP contribution >= 0.6 is 0 Å². The van der Waals surface area contributed by atoms with E-state index in [1.54, 1.807) is 0 Å². The molecular weight excluding hydrogens is 203 g/mol. The van der Waals surface area contributed by atoms with Crippen molar-refractivity contribution >= 4 is 0 Å². The second kappa shape index (κ2) is 4.32. The van der Waals surface area contributed by atoms with Crippen molar-refractivity contribution in [1.82, 2.24) is 5.32 Å². The second-order valence-corrected chi connectivity index (χ2v) is 4.93. The Morgan fingerprint density at radius 1 is 1.07 bits per heavy atom. The van der Waals surface area contributed by atoms with E-state index in [9.17, 15) is 13.2 Å². The Kier molecular flexibility index (Phi) is 3.24. The maximum Gasteiger partial charge on any atom is 0.391 e. The summed E-state index contributed by atoms with van der Waals surface area (Å²) in [7, 11) is 0. The fourth-order valence-corrected chi connectivity index (χ4v) is 2.37. The zero-order valence-corrected chi connectivity index (χ0v) is 8.82. The van der Waals surface area contributed by atoms with Gasteiger partial charge in [-0.05, 0) is 38.1 Å². The third-order valence-electron chi connectivity index (χ3n) is 3.58. The Hall–Kier alpha value is -0.250. The van der Waals surface area contributed by atoms with Gasteiger partial charge in [0.25, 0.3) is 0 Å². The quantitative estimate of drug-likeness (QED) is 0.772. The number of hydrogen-bond acceptors (Lipinski definition) is 1. The first-order chi connectivity index (χ1) is 7.05. The molecule has 88 valence electrons. The van der Waals surface area contributed by atoms with Crippen molar-refractivity contribution < 1.29 is 13.2 Å². The third kappa shape index (κ3) is 3.37. The van der Waals surface area contributed by atoms with Gasteiger partial charge in [-0.15, -0.1) is 0 Å². The first-order valence-corrected chi connectivity index (χ1v) is 5.86. The average molecular weight is 221 g/mol. The van der Waals surface area contributed by atoms with Crippen molar-refractivity contribution in [3.8, 4) is 0 Å². The molecule has 2 rings (SSSR count). The summed E-state index contributed by atoms with van der Waals surface area (Å²) < 4.78 is 37.5. The predicted octanol–water partition coefficient (Wildman–Crippen LogP) is 3.11. The zero-order chi connectivity index (χ0) is 10.9. The molecule has 2 unspecified atom stereocenters. The molecule has 0 aromatic rings. The topological polar surface area (TPSA) is 12.0 Å². The molecule has 1 aliphatic carbocycles. The number of piperidine rings is 1. The lowest BCUT2D eigenvalue weighted by molar-refractivity contribution is -0.183. The highest BCUT2D eigenvalue weighted by atomic mass is 19.4. The van der Waals surface area contributed by atoms with Crippen LogP contribution in [0.3, 0.4) is 0 Å². The lowest BCUT2D eigenvalue weighted by atomic mass is 9.89. The highest BCUT2D eigenvalue weighted by Gasteiger charge is 2.42. The SMILES string of the molecule is FC(F)(F)C1CCNC(CCC2CC2)C1. The van der Waals surface area contributed by atoms with Crippen molar-refractivity contribution in [2.24, 2.45) is 11.8 Å². The van der Waals surface area contributed by atoms with Crippen molar-refractivity contribution in [1.29, 1.82) is 0 Å². The number of hydrogen-bond donors (Lipinski definition) is 1. The molecule has 0 spiro atoms. The molecule has 15 heavy (non-hydrogen) atoms. The van der Waals surface area contributed by atoms with Crippen molar-refractivity contribution in [2.75, 3.05) is 6.54 Å². The van der Waals surface area contributed by atoms with Crippen molar-refractivity contribution in [2.45, 2.75) is 50.7 Å². The van der Waals surface area contributed by atoms with E-state index < -0.39 is 12.1 Å². The van der Waals surface area contributed by atoms with Crippen LogP contribution in [0.4, 0.5) is 13.2 Å².